The van der Waals surface area contributed by atoms with Crippen molar-refractivity contribution in [3.8, 4) is 0 Å². The molecule has 1 rings (SSSR count). The minimum absolute atomic E-state index is 0. The Bertz CT molecular complexity index is 264. The van der Waals surface area contributed by atoms with Gasteiger partial charge in [-0.1, -0.05) is 6.42 Å². The molecule has 0 aromatic rings. The first-order valence-corrected chi connectivity index (χ1v) is 7.54. The van der Waals surface area contributed by atoms with Gasteiger partial charge in [0.25, 0.3) is 0 Å². The second-order valence-electron chi connectivity index (χ2n) is 5.00. The Morgan fingerprint density at radius 3 is 2.70 bits per heavy atom. The van der Waals surface area contributed by atoms with Crippen LogP contribution in [0.4, 0.5) is 0 Å². The predicted octanol–water partition coefficient (Wildman–Crippen LogP) is 1.68. The van der Waals surface area contributed by atoms with E-state index in [0.29, 0.717) is 0 Å². The van der Waals surface area contributed by atoms with E-state index >= 15 is 0 Å². The summed E-state index contributed by atoms with van der Waals surface area (Å²) in [6.07, 6.45) is 4.05. The van der Waals surface area contributed by atoms with E-state index < -0.39 is 0 Å². The summed E-state index contributed by atoms with van der Waals surface area (Å²) in [7, 11) is 1.81. The lowest BCUT2D eigenvalue weighted by molar-refractivity contribution is 0.152. The van der Waals surface area contributed by atoms with Gasteiger partial charge in [-0.05, 0) is 33.2 Å². The predicted molar refractivity (Wildman–Crippen MR) is 96.2 cm³/mol. The molecule has 1 heterocycles. The quantitative estimate of drug-likeness (QED) is 0.297. The molecule has 1 unspecified atom stereocenters. The van der Waals surface area contributed by atoms with Crippen molar-refractivity contribution in [2.75, 3.05) is 46.4 Å². The van der Waals surface area contributed by atoms with E-state index in [-0.39, 0.29) is 24.0 Å². The highest BCUT2D eigenvalue weighted by atomic mass is 127. The van der Waals surface area contributed by atoms with Gasteiger partial charge < -0.3 is 15.4 Å². The zero-order valence-electron chi connectivity index (χ0n) is 13.2. The number of rotatable bonds is 7. The normalized spacial score (nSPS) is 20.4. The number of aliphatic imine (C=N–C) groups is 1. The number of hydrogen-bond acceptors (Lipinski definition) is 3. The molecule has 0 bridgehead atoms. The fourth-order valence-corrected chi connectivity index (χ4v) is 2.41. The Kier molecular flexibility index (Phi) is 12.6. The monoisotopic (exact) mass is 398 g/mol. The van der Waals surface area contributed by atoms with Gasteiger partial charge in [-0.2, -0.15) is 0 Å². The Morgan fingerprint density at radius 1 is 1.30 bits per heavy atom. The Labute approximate surface area is 140 Å². The summed E-state index contributed by atoms with van der Waals surface area (Å²) >= 11 is 0. The second-order valence-corrected chi connectivity index (χ2v) is 5.00. The van der Waals surface area contributed by atoms with Gasteiger partial charge in [0.2, 0.25) is 0 Å². The van der Waals surface area contributed by atoms with Crippen molar-refractivity contribution in [3.63, 3.8) is 0 Å². The zero-order chi connectivity index (χ0) is 13.9. The Hall–Kier alpha value is -0.0800. The van der Waals surface area contributed by atoms with Crippen LogP contribution in [-0.2, 0) is 4.74 Å². The smallest absolute Gasteiger partial charge is 0.191 e. The van der Waals surface area contributed by atoms with Gasteiger partial charge >= 0.3 is 0 Å². The van der Waals surface area contributed by atoms with Gasteiger partial charge in [0, 0.05) is 39.3 Å². The Balaban J connectivity index is 0.00000361. The van der Waals surface area contributed by atoms with Crippen molar-refractivity contribution < 1.29 is 4.74 Å². The molecule has 0 aromatic carbocycles. The fraction of sp³-hybridized carbons (Fsp3) is 0.929. The number of hydrogen-bond donors (Lipinski definition) is 2. The highest BCUT2D eigenvalue weighted by Crippen LogP contribution is 2.15. The maximum atomic E-state index is 5.29. The first-order valence-electron chi connectivity index (χ1n) is 7.54. The molecule has 20 heavy (non-hydrogen) atoms. The minimum atomic E-state index is 0. The van der Waals surface area contributed by atoms with Crippen molar-refractivity contribution in [1.29, 1.82) is 0 Å². The van der Waals surface area contributed by atoms with Gasteiger partial charge in [0.1, 0.15) is 0 Å². The minimum Gasteiger partial charge on any atom is -0.380 e. The lowest BCUT2D eigenvalue weighted by Crippen LogP contribution is -2.45. The van der Waals surface area contributed by atoms with Crippen molar-refractivity contribution in [2.24, 2.45) is 4.99 Å². The van der Waals surface area contributed by atoms with Gasteiger partial charge in [-0.3, -0.25) is 9.89 Å². The van der Waals surface area contributed by atoms with Crippen molar-refractivity contribution in [1.82, 2.24) is 15.5 Å². The van der Waals surface area contributed by atoms with Crippen LogP contribution in [0.2, 0.25) is 0 Å². The number of halogens is 1. The summed E-state index contributed by atoms with van der Waals surface area (Å²) < 4.78 is 5.29. The van der Waals surface area contributed by atoms with E-state index in [1.54, 1.807) is 7.05 Å². The number of nitrogens with one attached hydrogen (secondary N) is 2. The molecule has 0 radical (unpaired) electrons. The molecule has 0 saturated carbocycles. The highest BCUT2D eigenvalue weighted by Gasteiger charge is 2.17. The van der Waals surface area contributed by atoms with Crippen molar-refractivity contribution >= 4 is 29.9 Å². The third-order valence-electron chi connectivity index (χ3n) is 3.60. The molecule has 1 aliphatic rings. The maximum absolute atomic E-state index is 5.29. The van der Waals surface area contributed by atoms with Crippen LogP contribution in [0.5, 0.6) is 0 Å². The number of likely N-dealkylation sites (tertiary alicyclic amines) is 1. The fourth-order valence-electron chi connectivity index (χ4n) is 2.41. The SMILES string of the molecule is CCOCCNC(=NC)NCCN1CCCCC1C.I. The van der Waals surface area contributed by atoms with Gasteiger partial charge in [-0.15, -0.1) is 24.0 Å². The third kappa shape index (κ3) is 8.26. The van der Waals surface area contributed by atoms with E-state index in [4.69, 9.17) is 4.74 Å². The standard InChI is InChI=1S/C14H30N4O.HI/c1-4-19-12-9-17-14(15-3)16-8-11-18-10-6-5-7-13(18)2;/h13H,4-12H2,1-3H3,(H2,15,16,17);1H. The summed E-state index contributed by atoms with van der Waals surface area (Å²) in [4.78, 5) is 6.77. The van der Waals surface area contributed by atoms with E-state index in [9.17, 15) is 0 Å². The third-order valence-corrected chi connectivity index (χ3v) is 3.60. The first kappa shape index (κ1) is 19.9. The number of guanidine groups is 1. The largest absolute Gasteiger partial charge is 0.380 e. The molecular formula is C14H31IN4O. The highest BCUT2D eigenvalue weighted by molar-refractivity contribution is 14.0. The molecular weight excluding hydrogens is 367 g/mol. The summed E-state index contributed by atoms with van der Waals surface area (Å²) in [5, 5.41) is 6.60. The lowest BCUT2D eigenvalue weighted by Gasteiger charge is -2.33. The summed E-state index contributed by atoms with van der Waals surface area (Å²) in [5.41, 5.74) is 0. The van der Waals surface area contributed by atoms with Gasteiger partial charge in [0.15, 0.2) is 5.96 Å². The maximum Gasteiger partial charge on any atom is 0.191 e. The molecule has 1 fully saturated rings. The van der Waals surface area contributed by atoms with E-state index in [2.05, 4.69) is 27.4 Å². The van der Waals surface area contributed by atoms with Crippen LogP contribution in [0, 0.1) is 0 Å². The van der Waals surface area contributed by atoms with Crippen molar-refractivity contribution in [2.45, 2.75) is 39.2 Å². The van der Waals surface area contributed by atoms with Crippen LogP contribution in [0.25, 0.3) is 0 Å². The number of ether oxygens (including phenoxy) is 1. The zero-order valence-corrected chi connectivity index (χ0v) is 15.5. The van der Waals surface area contributed by atoms with Gasteiger partial charge in [0.05, 0.1) is 6.61 Å². The number of piperidine rings is 1. The molecule has 0 amide bonds. The van der Waals surface area contributed by atoms with E-state index in [1.165, 1.54) is 25.8 Å². The second kappa shape index (κ2) is 12.6. The van der Waals surface area contributed by atoms with E-state index in [1.807, 2.05) is 6.92 Å². The average molecular weight is 398 g/mol. The summed E-state index contributed by atoms with van der Waals surface area (Å²) in [6.45, 7) is 9.89. The molecule has 1 saturated heterocycles. The average Bonchev–Trinajstić information content (AvgIpc) is 2.43. The van der Waals surface area contributed by atoms with Crippen molar-refractivity contribution in [3.05, 3.63) is 0 Å². The molecule has 0 aromatic heterocycles. The molecule has 0 aliphatic carbocycles. The lowest BCUT2D eigenvalue weighted by atomic mass is 10.0. The van der Waals surface area contributed by atoms with Gasteiger partial charge in [-0.25, -0.2) is 0 Å². The summed E-state index contributed by atoms with van der Waals surface area (Å²) in [5.74, 6) is 0.865. The van der Waals surface area contributed by atoms with Crippen LogP contribution in [0.15, 0.2) is 4.99 Å². The number of nitrogens with zero attached hydrogens (tertiary/aromatic N) is 2. The topological polar surface area (TPSA) is 48.9 Å². The van der Waals surface area contributed by atoms with E-state index in [0.717, 1.165) is 44.8 Å². The van der Waals surface area contributed by atoms with Crippen LogP contribution in [0.3, 0.4) is 0 Å². The molecule has 6 heteroatoms. The first-order chi connectivity index (χ1) is 9.27. The summed E-state index contributed by atoms with van der Waals surface area (Å²) in [6, 6.07) is 0.725. The Morgan fingerprint density at radius 2 is 2.05 bits per heavy atom. The molecule has 120 valence electrons. The molecule has 5 nitrogen and oxygen atoms in total. The van der Waals surface area contributed by atoms with Crippen LogP contribution >= 0.6 is 24.0 Å². The molecule has 2 N–H and O–H groups in total. The van der Waals surface area contributed by atoms with Crippen LogP contribution in [0.1, 0.15) is 33.1 Å². The van der Waals surface area contributed by atoms with Crippen LogP contribution in [-0.4, -0.2) is 63.3 Å². The molecule has 0 spiro atoms. The van der Waals surface area contributed by atoms with Crippen LogP contribution < -0.4 is 10.6 Å². The molecule has 1 atom stereocenters. The molecule has 1 aliphatic heterocycles.